The fraction of sp³-hybridized carbons (Fsp3) is 0.500. The SMILES string of the molecule is CC1=NC(=O)C2CNC(=O)c3cc(Cl)cc(O[C@H]4CC[C@H](N)CC4)c3C/C=C/CCCC2=C1.Cl. The Morgan fingerprint density at radius 2 is 1.91 bits per heavy atom. The molecular weight excluding hydrogens is 473 g/mol. The highest BCUT2D eigenvalue weighted by atomic mass is 35.5. The van der Waals surface area contributed by atoms with Crippen LogP contribution in [0, 0.1) is 5.92 Å². The highest BCUT2D eigenvalue weighted by molar-refractivity contribution is 6.31. The molecule has 2 aliphatic heterocycles. The first kappa shape index (κ1) is 26.5. The van der Waals surface area contributed by atoms with E-state index < -0.39 is 5.92 Å². The van der Waals surface area contributed by atoms with E-state index in [-0.39, 0.29) is 42.9 Å². The van der Waals surface area contributed by atoms with Gasteiger partial charge in [-0.3, -0.25) is 9.59 Å². The number of carbonyl (C=O) groups is 2. The molecule has 6 nitrogen and oxygen atoms in total. The number of halogens is 2. The lowest BCUT2D eigenvalue weighted by Crippen LogP contribution is -2.35. The second-order valence-corrected chi connectivity index (χ2v) is 9.66. The number of benzene rings is 1. The Hall–Kier alpha value is -2.15. The molecule has 3 aliphatic rings. The first-order chi connectivity index (χ1) is 15.9. The number of amides is 2. The molecule has 2 amide bonds. The van der Waals surface area contributed by atoms with Crippen LogP contribution < -0.4 is 15.8 Å². The molecule has 3 N–H and O–H groups in total. The lowest BCUT2D eigenvalue weighted by atomic mass is 9.90. The van der Waals surface area contributed by atoms with Gasteiger partial charge in [0.05, 0.1) is 12.0 Å². The Balaban J connectivity index is 0.00000324. The van der Waals surface area contributed by atoms with Gasteiger partial charge in [0.2, 0.25) is 0 Å². The van der Waals surface area contributed by atoms with E-state index in [9.17, 15) is 9.59 Å². The summed E-state index contributed by atoms with van der Waals surface area (Å²) in [6, 6.07) is 3.72. The van der Waals surface area contributed by atoms with Crippen molar-refractivity contribution >= 4 is 41.5 Å². The van der Waals surface area contributed by atoms with E-state index in [1.165, 1.54) is 0 Å². The molecule has 0 aromatic heterocycles. The van der Waals surface area contributed by atoms with Gasteiger partial charge in [-0.05, 0) is 76.5 Å². The number of hydrogen-bond acceptors (Lipinski definition) is 4. The summed E-state index contributed by atoms with van der Waals surface area (Å²) in [5.74, 6) is -0.218. The van der Waals surface area contributed by atoms with Gasteiger partial charge in [0.25, 0.3) is 11.8 Å². The number of hydrogen-bond donors (Lipinski definition) is 2. The van der Waals surface area contributed by atoms with Gasteiger partial charge in [0.1, 0.15) is 5.75 Å². The summed E-state index contributed by atoms with van der Waals surface area (Å²) in [5, 5.41) is 3.41. The second-order valence-electron chi connectivity index (χ2n) is 9.23. The molecule has 0 spiro atoms. The van der Waals surface area contributed by atoms with Gasteiger partial charge >= 0.3 is 0 Å². The first-order valence-corrected chi connectivity index (χ1v) is 12.3. The van der Waals surface area contributed by atoms with E-state index >= 15 is 0 Å². The van der Waals surface area contributed by atoms with E-state index in [0.29, 0.717) is 22.8 Å². The van der Waals surface area contributed by atoms with Gasteiger partial charge < -0.3 is 15.8 Å². The van der Waals surface area contributed by atoms with Crippen LogP contribution in [-0.2, 0) is 11.2 Å². The highest BCUT2D eigenvalue weighted by Gasteiger charge is 2.28. The zero-order valence-electron chi connectivity index (χ0n) is 19.5. The number of nitrogens with one attached hydrogen (secondary N) is 1. The summed E-state index contributed by atoms with van der Waals surface area (Å²) in [6.45, 7) is 2.05. The summed E-state index contributed by atoms with van der Waals surface area (Å²) >= 11 is 6.41. The fourth-order valence-electron chi connectivity index (χ4n) is 4.83. The average Bonchev–Trinajstić information content (AvgIpc) is 2.78. The van der Waals surface area contributed by atoms with Gasteiger partial charge in [-0.1, -0.05) is 29.3 Å². The standard InChI is InChI=1S/C26H32ClN3O3.ClH/c1-16-12-17-6-4-2-3-5-7-21-22(25(31)29-15-23(17)26(32)30-16)13-18(27)14-24(21)33-20-10-8-19(28)9-11-20;/h3,5,12-14,19-20,23H,2,4,6-11,15,28H2,1H3,(H,29,31);1H/b5-3+;/t19-,20-,23?;. The lowest BCUT2D eigenvalue weighted by Gasteiger charge is -2.28. The predicted molar refractivity (Wildman–Crippen MR) is 138 cm³/mol. The molecule has 1 atom stereocenters. The van der Waals surface area contributed by atoms with Crippen molar-refractivity contribution in [3.63, 3.8) is 0 Å². The number of carbonyl (C=O) groups excluding carboxylic acids is 2. The minimum atomic E-state index is -0.424. The zero-order chi connectivity index (χ0) is 23.4. The van der Waals surface area contributed by atoms with Crippen molar-refractivity contribution in [3.8, 4) is 5.75 Å². The van der Waals surface area contributed by atoms with Crippen LogP contribution in [0.1, 0.15) is 67.8 Å². The lowest BCUT2D eigenvalue weighted by molar-refractivity contribution is -0.120. The molecule has 0 radical (unpaired) electrons. The van der Waals surface area contributed by atoms with Crippen LogP contribution in [0.2, 0.25) is 5.02 Å². The van der Waals surface area contributed by atoms with Crippen LogP contribution in [0.4, 0.5) is 0 Å². The van der Waals surface area contributed by atoms with Crippen LogP contribution in [0.15, 0.2) is 40.9 Å². The summed E-state index contributed by atoms with van der Waals surface area (Å²) in [5.41, 5.74) is 9.11. The van der Waals surface area contributed by atoms with Crippen molar-refractivity contribution in [2.75, 3.05) is 6.54 Å². The zero-order valence-corrected chi connectivity index (χ0v) is 21.1. The average molecular weight is 506 g/mol. The molecule has 4 rings (SSSR count). The minimum Gasteiger partial charge on any atom is -0.490 e. The predicted octanol–water partition coefficient (Wildman–Crippen LogP) is 4.97. The number of fused-ring (bicyclic) bond motifs is 2. The smallest absolute Gasteiger partial charge is 0.254 e. The topological polar surface area (TPSA) is 93.8 Å². The Labute approximate surface area is 212 Å². The van der Waals surface area contributed by atoms with Crippen molar-refractivity contribution in [1.29, 1.82) is 0 Å². The number of aliphatic imine (C=N–C) groups is 1. The Morgan fingerprint density at radius 3 is 2.68 bits per heavy atom. The largest absolute Gasteiger partial charge is 0.490 e. The fourth-order valence-corrected chi connectivity index (χ4v) is 5.03. The van der Waals surface area contributed by atoms with Crippen molar-refractivity contribution in [2.45, 2.75) is 70.4 Å². The molecule has 8 heteroatoms. The summed E-state index contributed by atoms with van der Waals surface area (Å²) in [4.78, 5) is 30.0. The molecule has 34 heavy (non-hydrogen) atoms. The molecule has 1 aromatic rings. The maximum atomic E-state index is 13.3. The van der Waals surface area contributed by atoms with Gasteiger partial charge in [-0.2, -0.15) is 0 Å². The van der Waals surface area contributed by atoms with Gasteiger partial charge in [-0.15, -0.1) is 12.4 Å². The number of dihydropyridines is 1. The van der Waals surface area contributed by atoms with Crippen molar-refractivity contribution in [1.82, 2.24) is 5.32 Å². The van der Waals surface area contributed by atoms with Gasteiger partial charge in [0.15, 0.2) is 0 Å². The maximum absolute atomic E-state index is 13.3. The van der Waals surface area contributed by atoms with Crippen molar-refractivity contribution < 1.29 is 14.3 Å². The third-order valence-corrected chi connectivity index (χ3v) is 6.87. The molecule has 2 heterocycles. The number of allylic oxidation sites excluding steroid dienone is 3. The van der Waals surface area contributed by atoms with E-state index in [0.717, 1.165) is 61.8 Å². The summed E-state index contributed by atoms with van der Waals surface area (Å²) in [6.07, 6.45) is 13.1. The summed E-state index contributed by atoms with van der Waals surface area (Å²) < 4.78 is 6.36. The quantitative estimate of drug-likeness (QED) is 0.554. The third kappa shape index (κ3) is 6.49. The number of nitrogens with two attached hydrogens (primary N) is 1. The van der Waals surface area contributed by atoms with E-state index in [1.54, 1.807) is 12.1 Å². The molecule has 1 aromatic carbocycles. The Morgan fingerprint density at radius 1 is 1.15 bits per heavy atom. The first-order valence-electron chi connectivity index (χ1n) is 11.9. The van der Waals surface area contributed by atoms with Crippen LogP contribution in [0.5, 0.6) is 5.75 Å². The molecule has 1 saturated carbocycles. The normalized spacial score (nSPS) is 26.6. The molecule has 0 bridgehead atoms. The van der Waals surface area contributed by atoms with E-state index in [2.05, 4.69) is 22.5 Å². The maximum Gasteiger partial charge on any atom is 0.254 e. The van der Waals surface area contributed by atoms with Crippen LogP contribution in [0.25, 0.3) is 0 Å². The number of nitrogens with zero attached hydrogens (tertiary/aromatic N) is 1. The van der Waals surface area contributed by atoms with Crippen LogP contribution >= 0.6 is 24.0 Å². The number of ether oxygens (including phenoxy) is 1. The Bertz CT molecular complexity index is 1010. The Kier molecular flexibility index (Phi) is 9.34. The molecule has 1 fully saturated rings. The van der Waals surface area contributed by atoms with Crippen LogP contribution in [-0.4, -0.2) is 36.2 Å². The number of rotatable bonds is 2. The molecular formula is C26H33Cl2N3O3. The van der Waals surface area contributed by atoms with Gasteiger partial charge in [0, 0.05) is 34.4 Å². The van der Waals surface area contributed by atoms with E-state index in [4.69, 9.17) is 22.1 Å². The second kappa shape index (κ2) is 12.0. The van der Waals surface area contributed by atoms with Crippen molar-refractivity contribution in [3.05, 3.63) is 52.1 Å². The highest BCUT2D eigenvalue weighted by Crippen LogP contribution is 2.32. The monoisotopic (exact) mass is 505 g/mol. The molecule has 184 valence electrons. The third-order valence-electron chi connectivity index (χ3n) is 6.65. The van der Waals surface area contributed by atoms with Crippen molar-refractivity contribution in [2.24, 2.45) is 16.6 Å². The molecule has 1 aliphatic carbocycles. The minimum absolute atomic E-state index is 0. The molecule has 1 unspecified atom stereocenters. The van der Waals surface area contributed by atoms with Gasteiger partial charge in [-0.25, -0.2) is 4.99 Å². The van der Waals surface area contributed by atoms with Crippen LogP contribution in [0.3, 0.4) is 0 Å². The van der Waals surface area contributed by atoms with E-state index in [1.807, 2.05) is 13.0 Å². The summed E-state index contributed by atoms with van der Waals surface area (Å²) in [7, 11) is 0. The molecule has 0 saturated heterocycles.